The molecule has 5 heteroatoms. The van der Waals surface area contributed by atoms with E-state index < -0.39 is 11.9 Å². The molecule has 0 spiro atoms. The number of amides is 3. The van der Waals surface area contributed by atoms with E-state index >= 15 is 0 Å². The van der Waals surface area contributed by atoms with Gasteiger partial charge in [-0.25, -0.2) is 4.79 Å². The number of aryl methyl sites for hydroxylation is 2. The normalized spacial score (nSPS) is 17.2. The second kappa shape index (κ2) is 3.93. The highest BCUT2D eigenvalue weighted by molar-refractivity contribution is 6.13. The molecular formula is C12H12N2O3. The molecule has 1 aromatic carbocycles. The van der Waals surface area contributed by atoms with Crippen LogP contribution < -0.4 is 10.6 Å². The van der Waals surface area contributed by atoms with Crippen molar-refractivity contribution in [2.75, 3.05) is 0 Å². The number of imide groups is 1. The molecule has 0 atom stereocenters. The maximum atomic E-state index is 11.3. The summed E-state index contributed by atoms with van der Waals surface area (Å²) in [6.07, 6.45) is 1.57. The zero-order valence-electron chi connectivity index (χ0n) is 9.50. The third kappa shape index (κ3) is 2.13. The molecule has 88 valence electrons. The molecule has 1 aromatic rings. The van der Waals surface area contributed by atoms with Gasteiger partial charge < -0.3 is 10.4 Å². The monoisotopic (exact) mass is 232 g/mol. The molecule has 0 unspecified atom stereocenters. The van der Waals surface area contributed by atoms with Crippen molar-refractivity contribution in [3.63, 3.8) is 0 Å². The molecule has 2 rings (SSSR count). The average molecular weight is 232 g/mol. The molecule has 0 aliphatic carbocycles. The Hall–Kier alpha value is -2.30. The fraction of sp³-hybridized carbons (Fsp3) is 0.167. The summed E-state index contributed by atoms with van der Waals surface area (Å²) in [7, 11) is 0. The zero-order chi connectivity index (χ0) is 12.6. The van der Waals surface area contributed by atoms with E-state index in [0.29, 0.717) is 0 Å². The third-order valence-electron chi connectivity index (χ3n) is 2.54. The largest absolute Gasteiger partial charge is 0.507 e. The number of phenolic OH excluding ortho intramolecular Hbond substituents is 1. The van der Waals surface area contributed by atoms with Gasteiger partial charge in [-0.3, -0.25) is 10.1 Å². The fourth-order valence-corrected chi connectivity index (χ4v) is 1.72. The quantitative estimate of drug-likeness (QED) is 0.502. The number of urea groups is 1. The molecule has 5 nitrogen and oxygen atoms in total. The van der Waals surface area contributed by atoms with Crippen molar-refractivity contribution in [1.29, 1.82) is 0 Å². The minimum atomic E-state index is -0.520. The van der Waals surface area contributed by atoms with Crippen molar-refractivity contribution < 1.29 is 14.7 Å². The first-order valence-electron chi connectivity index (χ1n) is 5.11. The van der Waals surface area contributed by atoms with Crippen LogP contribution in [0.15, 0.2) is 17.8 Å². The zero-order valence-corrected chi connectivity index (χ0v) is 9.50. The lowest BCUT2D eigenvalue weighted by atomic mass is 10.0. The summed E-state index contributed by atoms with van der Waals surface area (Å²) in [6, 6.07) is 2.97. The lowest BCUT2D eigenvalue weighted by Crippen LogP contribution is -2.22. The Balaban J connectivity index is 2.40. The van der Waals surface area contributed by atoms with Crippen LogP contribution >= 0.6 is 0 Å². The van der Waals surface area contributed by atoms with E-state index in [-0.39, 0.29) is 11.4 Å². The maximum Gasteiger partial charge on any atom is 0.326 e. The van der Waals surface area contributed by atoms with E-state index in [9.17, 15) is 14.7 Å². The van der Waals surface area contributed by atoms with Gasteiger partial charge in [0.25, 0.3) is 5.91 Å². The molecule has 1 saturated heterocycles. The smallest absolute Gasteiger partial charge is 0.326 e. The summed E-state index contributed by atoms with van der Waals surface area (Å²) >= 11 is 0. The minimum absolute atomic E-state index is 0.208. The molecule has 1 aliphatic heterocycles. The molecule has 0 radical (unpaired) electrons. The Labute approximate surface area is 98.1 Å². The molecule has 0 aromatic heterocycles. The number of phenols is 1. The molecule has 3 N–H and O–H groups in total. The number of aromatic hydroxyl groups is 1. The van der Waals surface area contributed by atoms with Crippen molar-refractivity contribution in [3.8, 4) is 5.75 Å². The highest BCUT2D eigenvalue weighted by Crippen LogP contribution is 2.24. The number of carbonyl (C=O) groups excluding carboxylic acids is 2. The first-order valence-corrected chi connectivity index (χ1v) is 5.11. The van der Waals surface area contributed by atoms with Gasteiger partial charge in [0.15, 0.2) is 0 Å². The van der Waals surface area contributed by atoms with Crippen LogP contribution in [0.1, 0.15) is 16.7 Å². The SMILES string of the molecule is Cc1cc(/C=C2\NC(=O)NC2=O)cc(C)c1O. The van der Waals surface area contributed by atoms with Crippen molar-refractivity contribution in [1.82, 2.24) is 10.6 Å². The summed E-state index contributed by atoms with van der Waals surface area (Å²) in [5.74, 6) is -0.203. The predicted octanol–water partition coefficient (Wildman–Crippen LogP) is 1.19. The number of nitrogens with one attached hydrogen (secondary N) is 2. The number of hydrogen-bond acceptors (Lipinski definition) is 3. The molecular weight excluding hydrogens is 220 g/mol. The van der Waals surface area contributed by atoms with Crippen LogP contribution in [0.25, 0.3) is 6.08 Å². The lowest BCUT2D eigenvalue weighted by Gasteiger charge is -2.05. The molecule has 1 heterocycles. The van der Waals surface area contributed by atoms with Crippen molar-refractivity contribution in [2.24, 2.45) is 0 Å². The van der Waals surface area contributed by atoms with E-state index in [1.54, 1.807) is 32.1 Å². The van der Waals surface area contributed by atoms with Crippen LogP contribution in [-0.4, -0.2) is 17.0 Å². The Morgan fingerprint density at radius 2 is 1.71 bits per heavy atom. The molecule has 1 fully saturated rings. The molecule has 3 amide bonds. The van der Waals surface area contributed by atoms with E-state index in [1.165, 1.54) is 0 Å². The van der Waals surface area contributed by atoms with Gasteiger partial charge in [-0.1, -0.05) is 0 Å². The van der Waals surface area contributed by atoms with Crippen LogP contribution in [0, 0.1) is 13.8 Å². The summed E-state index contributed by atoms with van der Waals surface area (Å²) in [6.45, 7) is 3.55. The topological polar surface area (TPSA) is 78.4 Å². The van der Waals surface area contributed by atoms with Gasteiger partial charge in [0.05, 0.1) is 0 Å². The van der Waals surface area contributed by atoms with Gasteiger partial charge in [-0.2, -0.15) is 0 Å². The number of carbonyl (C=O) groups is 2. The Bertz CT molecular complexity index is 524. The van der Waals surface area contributed by atoms with Gasteiger partial charge in [0, 0.05) is 0 Å². The second-order valence-electron chi connectivity index (χ2n) is 3.97. The van der Waals surface area contributed by atoms with Crippen molar-refractivity contribution in [3.05, 3.63) is 34.5 Å². The van der Waals surface area contributed by atoms with Crippen molar-refractivity contribution >= 4 is 18.0 Å². The van der Waals surface area contributed by atoms with Crippen LogP contribution in [-0.2, 0) is 4.79 Å². The van der Waals surface area contributed by atoms with Gasteiger partial charge in [0.2, 0.25) is 0 Å². The molecule has 0 saturated carbocycles. The molecule has 1 aliphatic rings. The average Bonchev–Trinajstić information content (AvgIpc) is 2.54. The van der Waals surface area contributed by atoms with Crippen LogP contribution in [0.5, 0.6) is 5.75 Å². The second-order valence-corrected chi connectivity index (χ2v) is 3.97. The van der Waals surface area contributed by atoms with E-state index in [1.807, 2.05) is 0 Å². The van der Waals surface area contributed by atoms with Gasteiger partial charge >= 0.3 is 6.03 Å². The first-order chi connectivity index (χ1) is 7.97. The van der Waals surface area contributed by atoms with Crippen molar-refractivity contribution in [2.45, 2.75) is 13.8 Å². The number of hydrogen-bond donors (Lipinski definition) is 3. The summed E-state index contributed by atoms with van der Waals surface area (Å²) in [5.41, 5.74) is 2.41. The maximum absolute atomic E-state index is 11.3. The van der Waals surface area contributed by atoms with E-state index in [0.717, 1.165) is 16.7 Å². The number of benzene rings is 1. The Morgan fingerprint density at radius 3 is 2.18 bits per heavy atom. The van der Waals surface area contributed by atoms with Gasteiger partial charge in [0.1, 0.15) is 11.4 Å². The highest BCUT2D eigenvalue weighted by atomic mass is 16.3. The minimum Gasteiger partial charge on any atom is -0.507 e. The van der Waals surface area contributed by atoms with Crippen LogP contribution in [0.3, 0.4) is 0 Å². The third-order valence-corrected chi connectivity index (χ3v) is 2.54. The van der Waals surface area contributed by atoms with E-state index in [4.69, 9.17) is 0 Å². The van der Waals surface area contributed by atoms with Crippen LogP contribution in [0.4, 0.5) is 4.79 Å². The van der Waals surface area contributed by atoms with Gasteiger partial charge in [-0.15, -0.1) is 0 Å². The molecule has 17 heavy (non-hydrogen) atoms. The van der Waals surface area contributed by atoms with Crippen LogP contribution in [0.2, 0.25) is 0 Å². The Kier molecular flexibility index (Phi) is 2.59. The lowest BCUT2D eigenvalue weighted by molar-refractivity contribution is -0.115. The fourth-order valence-electron chi connectivity index (χ4n) is 1.72. The standard InChI is InChI=1S/C12H12N2O3/c1-6-3-8(4-7(2)10(6)15)5-9-11(16)14-12(17)13-9/h3-5,15H,1-2H3,(H2,13,14,16,17)/b9-5-. The van der Waals surface area contributed by atoms with E-state index in [2.05, 4.69) is 10.6 Å². The van der Waals surface area contributed by atoms with Gasteiger partial charge in [-0.05, 0) is 48.7 Å². The first kappa shape index (κ1) is 11.2. The summed E-state index contributed by atoms with van der Waals surface area (Å²) < 4.78 is 0. The Morgan fingerprint density at radius 1 is 1.12 bits per heavy atom. The molecule has 0 bridgehead atoms. The highest BCUT2D eigenvalue weighted by Gasteiger charge is 2.22. The number of rotatable bonds is 1. The summed E-state index contributed by atoms with van der Waals surface area (Å²) in [4.78, 5) is 22.2. The predicted molar refractivity (Wildman–Crippen MR) is 62.2 cm³/mol. The summed E-state index contributed by atoms with van der Waals surface area (Å²) in [5, 5.41) is 14.1.